The first-order chi connectivity index (χ1) is 5.08. The third-order valence-corrected chi connectivity index (χ3v) is 2.12. The van der Waals surface area contributed by atoms with E-state index in [2.05, 4.69) is 12.2 Å². The first-order valence-electron chi connectivity index (χ1n) is 4.47. The highest BCUT2D eigenvalue weighted by Crippen LogP contribution is 2.25. The van der Waals surface area contributed by atoms with Gasteiger partial charge in [0, 0.05) is 0 Å². The van der Waals surface area contributed by atoms with Crippen LogP contribution in [0.4, 0.5) is 0 Å². The van der Waals surface area contributed by atoms with E-state index in [1.807, 2.05) is 13.8 Å². The van der Waals surface area contributed by atoms with Crippen LogP contribution in [0.3, 0.4) is 0 Å². The van der Waals surface area contributed by atoms with Gasteiger partial charge < -0.3 is 5.11 Å². The van der Waals surface area contributed by atoms with Crippen molar-refractivity contribution in [3.8, 4) is 0 Å². The summed E-state index contributed by atoms with van der Waals surface area (Å²) in [7, 11) is 0. The molecule has 1 N–H and O–H groups in total. The topological polar surface area (TPSA) is 20.2 Å². The highest BCUT2D eigenvalue weighted by Gasteiger charge is 2.19. The molecule has 1 unspecified atom stereocenters. The molecule has 0 radical (unpaired) electrons. The van der Waals surface area contributed by atoms with Crippen molar-refractivity contribution >= 4 is 0 Å². The van der Waals surface area contributed by atoms with E-state index in [-0.39, 0.29) is 0 Å². The molecular weight excluding hydrogens is 136 g/mol. The molecule has 0 bridgehead atoms. The molecule has 64 valence electrons. The molecule has 1 nitrogen and oxygen atoms in total. The lowest BCUT2D eigenvalue weighted by Crippen LogP contribution is -2.23. The summed E-state index contributed by atoms with van der Waals surface area (Å²) in [5.41, 5.74) is -0.494. The average Bonchev–Trinajstić information content (AvgIpc) is 1.85. The standard InChI is InChI=1S/C10H18O/c1-10(2,11)8-9-6-4-3-5-7-9/h4,6,9,11H,3,5,7-8H2,1-2H3. The van der Waals surface area contributed by atoms with Crippen LogP contribution in [0.1, 0.15) is 39.5 Å². The van der Waals surface area contributed by atoms with Crippen LogP contribution in [-0.4, -0.2) is 10.7 Å². The van der Waals surface area contributed by atoms with Crippen molar-refractivity contribution < 1.29 is 5.11 Å². The molecule has 1 heteroatoms. The molecule has 0 aromatic carbocycles. The molecule has 0 fully saturated rings. The number of allylic oxidation sites excluding steroid dienone is 2. The molecule has 0 aliphatic heterocycles. The Balaban J connectivity index is 2.36. The summed E-state index contributed by atoms with van der Waals surface area (Å²) in [6, 6.07) is 0. The van der Waals surface area contributed by atoms with Gasteiger partial charge in [-0.05, 0) is 45.4 Å². The Hall–Kier alpha value is -0.300. The van der Waals surface area contributed by atoms with Crippen LogP contribution in [0.15, 0.2) is 12.2 Å². The van der Waals surface area contributed by atoms with Gasteiger partial charge >= 0.3 is 0 Å². The quantitative estimate of drug-likeness (QED) is 0.606. The van der Waals surface area contributed by atoms with Crippen molar-refractivity contribution in [2.45, 2.75) is 45.1 Å². The summed E-state index contributed by atoms with van der Waals surface area (Å²) in [6.07, 6.45) is 9.16. The summed E-state index contributed by atoms with van der Waals surface area (Å²) < 4.78 is 0. The second-order valence-electron chi connectivity index (χ2n) is 4.14. The number of hydrogen-bond acceptors (Lipinski definition) is 1. The van der Waals surface area contributed by atoms with Gasteiger partial charge in [0.15, 0.2) is 0 Å². The van der Waals surface area contributed by atoms with Gasteiger partial charge in [0.25, 0.3) is 0 Å². The van der Waals surface area contributed by atoms with E-state index in [0.717, 1.165) is 6.42 Å². The minimum atomic E-state index is -0.494. The molecule has 1 aliphatic rings. The molecular formula is C10H18O. The Morgan fingerprint density at radius 3 is 2.73 bits per heavy atom. The molecule has 0 aromatic rings. The van der Waals surface area contributed by atoms with Crippen LogP contribution < -0.4 is 0 Å². The van der Waals surface area contributed by atoms with Crippen LogP contribution in [0.5, 0.6) is 0 Å². The van der Waals surface area contributed by atoms with Crippen LogP contribution in [0, 0.1) is 5.92 Å². The monoisotopic (exact) mass is 154 g/mol. The zero-order valence-corrected chi connectivity index (χ0v) is 7.51. The van der Waals surface area contributed by atoms with Crippen LogP contribution in [0.2, 0.25) is 0 Å². The summed E-state index contributed by atoms with van der Waals surface area (Å²) in [4.78, 5) is 0. The van der Waals surface area contributed by atoms with E-state index >= 15 is 0 Å². The van der Waals surface area contributed by atoms with Crippen molar-refractivity contribution in [2.75, 3.05) is 0 Å². The van der Waals surface area contributed by atoms with Crippen molar-refractivity contribution in [3.63, 3.8) is 0 Å². The van der Waals surface area contributed by atoms with Gasteiger partial charge in [-0.2, -0.15) is 0 Å². The third-order valence-electron chi connectivity index (χ3n) is 2.12. The number of hydrogen-bond donors (Lipinski definition) is 1. The Bertz CT molecular complexity index is 141. The van der Waals surface area contributed by atoms with Gasteiger partial charge in [0.2, 0.25) is 0 Å². The van der Waals surface area contributed by atoms with Crippen LogP contribution in [-0.2, 0) is 0 Å². The normalized spacial score (nSPS) is 25.5. The molecule has 1 aliphatic carbocycles. The second-order valence-corrected chi connectivity index (χ2v) is 4.14. The molecule has 0 spiro atoms. The van der Waals surface area contributed by atoms with E-state index < -0.39 is 5.60 Å². The summed E-state index contributed by atoms with van der Waals surface area (Å²) in [5, 5.41) is 9.54. The number of aliphatic hydroxyl groups is 1. The minimum absolute atomic E-state index is 0.494. The highest BCUT2D eigenvalue weighted by atomic mass is 16.3. The number of rotatable bonds is 2. The Morgan fingerprint density at radius 1 is 1.55 bits per heavy atom. The van der Waals surface area contributed by atoms with Gasteiger partial charge in [-0.25, -0.2) is 0 Å². The van der Waals surface area contributed by atoms with E-state index in [4.69, 9.17) is 0 Å². The maximum Gasteiger partial charge on any atom is 0.0597 e. The lowest BCUT2D eigenvalue weighted by molar-refractivity contribution is 0.0572. The lowest BCUT2D eigenvalue weighted by Gasteiger charge is -2.24. The second kappa shape index (κ2) is 3.40. The zero-order chi connectivity index (χ0) is 8.32. The summed E-state index contributed by atoms with van der Waals surface area (Å²) in [6.45, 7) is 3.77. The van der Waals surface area contributed by atoms with Crippen LogP contribution >= 0.6 is 0 Å². The third kappa shape index (κ3) is 3.57. The van der Waals surface area contributed by atoms with Gasteiger partial charge in [-0.3, -0.25) is 0 Å². The summed E-state index contributed by atoms with van der Waals surface area (Å²) in [5.74, 6) is 0.615. The first kappa shape index (κ1) is 8.79. The highest BCUT2D eigenvalue weighted by molar-refractivity contribution is 4.94. The van der Waals surface area contributed by atoms with Crippen molar-refractivity contribution in [2.24, 2.45) is 5.92 Å². The van der Waals surface area contributed by atoms with E-state index in [9.17, 15) is 5.11 Å². The SMILES string of the molecule is CC(C)(O)CC1C=CCCC1. The zero-order valence-electron chi connectivity index (χ0n) is 7.51. The molecule has 0 saturated heterocycles. The smallest absolute Gasteiger partial charge is 0.0597 e. The Morgan fingerprint density at radius 2 is 2.27 bits per heavy atom. The fourth-order valence-electron chi connectivity index (χ4n) is 1.69. The van der Waals surface area contributed by atoms with Crippen LogP contribution in [0.25, 0.3) is 0 Å². The average molecular weight is 154 g/mol. The lowest BCUT2D eigenvalue weighted by atomic mass is 9.86. The largest absolute Gasteiger partial charge is 0.390 e. The fraction of sp³-hybridized carbons (Fsp3) is 0.800. The predicted molar refractivity (Wildman–Crippen MR) is 47.4 cm³/mol. The Kier molecular flexibility index (Phi) is 2.72. The van der Waals surface area contributed by atoms with Gasteiger partial charge in [-0.1, -0.05) is 12.2 Å². The maximum atomic E-state index is 9.54. The molecule has 1 atom stereocenters. The maximum absolute atomic E-state index is 9.54. The molecule has 1 rings (SSSR count). The molecule has 0 saturated carbocycles. The molecule has 11 heavy (non-hydrogen) atoms. The fourth-order valence-corrected chi connectivity index (χ4v) is 1.69. The van der Waals surface area contributed by atoms with Gasteiger partial charge in [-0.15, -0.1) is 0 Å². The molecule has 0 aromatic heterocycles. The van der Waals surface area contributed by atoms with Gasteiger partial charge in [0.05, 0.1) is 5.60 Å². The minimum Gasteiger partial charge on any atom is -0.390 e. The predicted octanol–water partition coefficient (Wildman–Crippen LogP) is 2.50. The summed E-state index contributed by atoms with van der Waals surface area (Å²) >= 11 is 0. The Labute approximate surface area is 69.1 Å². The van der Waals surface area contributed by atoms with Gasteiger partial charge in [0.1, 0.15) is 0 Å². The van der Waals surface area contributed by atoms with Crippen molar-refractivity contribution in [3.05, 3.63) is 12.2 Å². The van der Waals surface area contributed by atoms with E-state index in [1.165, 1.54) is 19.3 Å². The first-order valence-corrected chi connectivity index (χ1v) is 4.47. The van der Waals surface area contributed by atoms with Crippen molar-refractivity contribution in [1.82, 2.24) is 0 Å². The van der Waals surface area contributed by atoms with E-state index in [1.54, 1.807) is 0 Å². The molecule has 0 amide bonds. The van der Waals surface area contributed by atoms with Crippen molar-refractivity contribution in [1.29, 1.82) is 0 Å². The molecule has 0 heterocycles. The van der Waals surface area contributed by atoms with E-state index in [0.29, 0.717) is 5.92 Å².